The molecule has 0 aliphatic carbocycles. The molecule has 0 aromatic heterocycles. The summed E-state index contributed by atoms with van der Waals surface area (Å²) < 4.78 is 0. The molecule has 0 bridgehead atoms. The highest BCUT2D eigenvalue weighted by Gasteiger charge is 2.22. The van der Waals surface area contributed by atoms with Gasteiger partial charge >= 0.3 is 0 Å². The minimum atomic E-state index is -0.442. The maximum Gasteiger partial charge on any atom is 0.219 e. The first-order valence-electron chi connectivity index (χ1n) is 6.99. The Balaban J connectivity index is 1.77. The van der Waals surface area contributed by atoms with Gasteiger partial charge in [0.05, 0.1) is 6.10 Å². The van der Waals surface area contributed by atoms with Crippen LogP contribution in [0.1, 0.15) is 6.92 Å². The van der Waals surface area contributed by atoms with Crippen molar-refractivity contribution in [1.82, 2.24) is 9.80 Å². The van der Waals surface area contributed by atoms with Crippen molar-refractivity contribution < 1.29 is 9.90 Å². The Labute approximate surface area is 124 Å². The summed E-state index contributed by atoms with van der Waals surface area (Å²) in [4.78, 5) is 16.6. The van der Waals surface area contributed by atoms with Gasteiger partial charge in [-0.1, -0.05) is 18.2 Å². The van der Waals surface area contributed by atoms with Crippen LogP contribution in [-0.4, -0.2) is 65.4 Å². The first-order valence-corrected chi connectivity index (χ1v) is 7.97. The van der Waals surface area contributed by atoms with Gasteiger partial charge in [-0.15, -0.1) is 11.8 Å². The van der Waals surface area contributed by atoms with Crippen LogP contribution in [0.3, 0.4) is 0 Å². The molecule has 5 heteroatoms. The molecule has 1 saturated heterocycles. The maximum atomic E-state index is 11.4. The van der Waals surface area contributed by atoms with Crippen molar-refractivity contribution in [3.8, 4) is 0 Å². The topological polar surface area (TPSA) is 43.8 Å². The lowest BCUT2D eigenvalue weighted by atomic mass is 10.3. The Bertz CT molecular complexity index is 427. The molecule has 0 unspecified atom stereocenters. The average molecular weight is 294 g/mol. The molecule has 1 aliphatic rings. The van der Waals surface area contributed by atoms with Crippen molar-refractivity contribution in [2.45, 2.75) is 17.9 Å². The molecule has 1 aromatic rings. The summed E-state index contributed by atoms with van der Waals surface area (Å²) in [6, 6.07) is 10.3. The third kappa shape index (κ3) is 4.81. The second-order valence-corrected chi connectivity index (χ2v) is 6.25. The van der Waals surface area contributed by atoms with Crippen LogP contribution in [-0.2, 0) is 4.79 Å². The van der Waals surface area contributed by atoms with Gasteiger partial charge in [-0.25, -0.2) is 0 Å². The van der Waals surface area contributed by atoms with Crippen molar-refractivity contribution in [1.29, 1.82) is 0 Å². The van der Waals surface area contributed by atoms with Crippen molar-refractivity contribution in [3.63, 3.8) is 0 Å². The molecular weight excluding hydrogens is 272 g/mol. The lowest BCUT2D eigenvalue weighted by Gasteiger charge is -2.20. The normalized spacial score (nSPS) is 20.7. The van der Waals surface area contributed by atoms with E-state index in [2.05, 4.69) is 17.0 Å². The SMILES string of the molecule is CC(=O)N1CCN(CCSc2ccccc2)C[C@H](O)C1. The number of hydrogen-bond donors (Lipinski definition) is 1. The van der Waals surface area contributed by atoms with Crippen LogP contribution in [0.15, 0.2) is 35.2 Å². The van der Waals surface area contributed by atoms with Gasteiger partial charge in [0.15, 0.2) is 0 Å². The summed E-state index contributed by atoms with van der Waals surface area (Å²) in [7, 11) is 0. The summed E-state index contributed by atoms with van der Waals surface area (Å²) >= 11 is 1.83. The van der Waals surface area contributed by atoms with E-state index in [4.69, 9.17) is 0 Å². The molecule has 1 aromatic carbocycles. The summed E-state index contributed by atoms with van der Waals surface area (Å²) in [5, 5.41) is 9.95. The van der Waals surface area contributed by atoms with E-state index in [-0.39, 0.29) is 5.91 Å². The Hall–Kier alpha value is -1.04. The van der Waals surface area contributed by atoms with Crippen LogP contribution >= 0.6 is 11.8 Å². The number of carbonyl (C=O) groups excluding carboxylic acids is 1. The number of hydrogen-bond acceptors (Lipinski definition) is 4. The molecule has 0 saturated carbocycles. The van der Waals surface area contributed by atoms with E-state index in [1.807, 2.05) is 30.0 Å². The zero-order valence-corrected chi connectivity index (χ0v) is 12.7. The molecule has 1 atom stereocenters. The molecule has 1 heterocycles. The second kappa shape index (κ2) is 7.67. The summed E-state index contributed by atoms with van der Waals surface area (Å²) in [6.45, 7) is 5.15. The molecule has 110 valence electrons. The largest absolute Gasteiger partial charge is 0.390 e. The minimum Gasteiger partial charge on any atom is -0.390 e. The second-order valence-electron chi connectivity index (χ2n) is 5.08. The Morgan fingerprint density at radius 2 is 2.05 bits per heavy atom. The molecular formula is C15H22N2O2S. The van der Waals surface area contributed by atoms with Gasteiger partial charge in [-0.2, -0.15) is 0 Å². The zero-order chi connectivity index (χ0) is 14.4. The molecule has 0 spiro atoms. The van der Waals surface area contributed by atoms with Gasteiger partial charge in [-0.05, 0) is 12.1 Å². The maximum absolute atomic E-state index is 11.4. The van der Waals surface area contributed by atoms with E-state index in [1.165, 1.54) is 4.90 Å². The Kier molecular flexibility index (Phi) is 5.88. The first kappa shape index (κ1) is 15.4. The fourth-order valence-electron chi connectivity index (χ4n) is 2.35. The van der Waals surface area contributed by atoms with Gasteiger partial charge in [0.1, 0.15) is 0 Å². The first-order chi connectivity index (χ1) is 9.65. The van der Waals surface area contributed by atoms with Crippen molar-refractivity contribution in [2.75, 3.05) is 38.5 Å². The third-order valence-corrected chi connectivity index (χ3v) is 4.44. The smallest absolute Gasteiger partial charge is 0.219 e. The van der Waals surface area contributed by atoms with E-state index in [0.29, 0.717) is 19.6 Å². The van der Waals surface area contributed by atoms with E-state index >= 15 is 0 Å². The van der Waals surface area contributed by atoms with Crippen molar-refractivity contribution in [3.05, 3.63) is 30.3 Å². The van der Waals surface area contributed by atoms with Gasteiger partial charge < -0.3 is 10.0 Å². The lowest BCUT2D eigenvalue weighted by Crippen LogP contribution is -2.36. The number of thioether (sulfide) groups is 1. The number of benzene rings is 1. The van der Waals surface area contributed by atoms with Crippen LogP contribution in [0.4, 0.5) is 0 Å². The van der Waals surface area contributed by atoms with E-state index in [0.717, 1.165) is 18.8 Å². The van der Waals surface area contributed by atoms with E-state index < -0.39 is 6.10 Å². The molecule has 1 N–H and O–H groups in total. The quantitative estimate of drug-likeness (QED) is 0.850. The van der Waals surface area contributed by atoms with Crippen LogP contribution in [0.2, 0.25) is 0 Å². The van der Waals surface area contributed by atoms with Crippen LogP contribution in [0, 0.1) is 0 Å². The highest BCUT2D eigenvalue weighted by Crippen LogP contribution is 2.17. The van der Waals surface area contributed by atoms with Crippen molar-refractivity contribution in [2.24, 2.45) is 0 Å². The number of nitrogens with zero attached hydrogens (tertiary/aromatic N) is 2. The third-order valence-electron chi connectivity index (χ3n) is 3.45. The highest BCUT2D eigenvalue weighted by atomic mass is 32.2. The fraction of sp³-hybridized carbons (Fsp3) is 0.533. The number of β-amino-alcohol motifs (C(OH)–C–C–N with tert-alkyl or cyclic N) is 1. The Morgan fingerprint density at radius 3 is 2.75 bits per heavy atom. The van der Waals surface area contributed by atoms with Crippen LogP contribution in [0.25, 0.3) is 0 Å². The number of rotatable bonds is 4. The summed E-state index contributed by atoms with van der Waals surface area (Å²) in [5.41, 5.74) is 0. The van der Waals surface area contributed by atoms with E-state index in [1.54, 1.807) is 11.8 Å². The van der Waals surface area contributed by atoms with Gasteiger partial charge in [0.2, 0.25) is 5.91 Å². The van der Waals surface area contributed by atoms with Crippen LogP contribution < -0.4 is 0 Å². The number of carbonyl (C=O) groups is 1. The van der Waals surface area contributed by atoms with Crippen LogP contribution in [0.5, 0.6) is 0 Å². The number of amides is 1. The monoisotopic (exact) mass is 294 g/mol. The molecule has 0 radical (unpaired) electrons. The van der Waals surface area contributed by atoms with Gasteiger partial charge in [-0.3, -0.25) is 9.69 Å². The zero-order valence-electron chi connectivity index (χ0n) is 11.9. The standard InChI is InChI=1S/C15H22N2O2S/c1-13(18)17-8-7-16(11-14(19)12-17)9-10-20-15-5-3-2-4-6-15/h2-6,14,19H,7-12H2,1H3/t14-/m0/s1. The molecule has 2 rings (SSSR count). The molecule has 1 fully saturated rings. The summed E-state index contributed by atoms with van der Waals surface area (Å²) in [6.07, 6.45) is -0.442. The lowest BCUT2D eigenvalue weighted by molar-refractivity contribution is -0.129. The number of aliphatic hydroxyl groups excluding tert-OH is 1. The molecule has 20 heavy (non-hydrogen) atoms. The Morgan fingerprint density at radius 1 is 1.30 bits per heavy atom. The van der Waals surface area contributed by atoms with Crippen molar-refractivity contribution >= 4 is 17.7 Å². The van der Waals surface area contributed by atoms with Gasteiger partial charge in [0.25, 0.3) is 0 Å². The minimum absolute atomic E-state index is 0.0459. The predicted octanol–water partition coefficient (Wildman–Crippen LogP) is 1.30. The fourth-order valence-corrected chi connectivity index (χ4v) is 3.29. The predicted molar refractivity (Wildman–Crippen MR) is 81.9 cm³/mol. The molecule has 4 nitrogen and oxygen atoms in total. The average Bonchev–Trinajstić information content (AvgIpc) is 2.62. The number of aliphatic hydroxyl groups is 1. The highest BCUT2D eigenvalue weighted by molar-refractivity contribution is 7.99. The van der Waals surface area contributed by atoms with E-state index in [9.17, 15) is 9.90 Å². The molecule has 1 amide bonds. The molecule has 1 aliphatic heterocycles. The van der Waals surface area contributed by atoms with Gasteiger partial charge in [0, 0.05) is 50.3 Å². The summed E-state index contributed by atoms with van der Waals surface area (Å²) in [5.74, 6) is 1.04.